The van der Waals surface area contributed by atoms with E-state index in [0.717, 1.165) is 25.2 Å². The maximum absolute atomic E-state index is 12.1. The van der Waals surface area contributed by atoms with Crippen LogP contribution in [0.15, 0.2) is 78.9 Å². The van der Waals surface area contributed by atoms with Gasteiger partial charge in [-0.05, 0) is 35.7 Å². The van der Waals surface area contributed by atoms with Crippen molar-refractivity contribution in [1.82, 2.24) is 0 Å². The van der Waals surface area contributed by atoms with E-state index >= 15 is 0 Å². The molecule has 0 atom stereocenters. The van der Waals surface area contributed by atoms with Crippen molar-refractivity contribution in [1.29, 1.82) is 0 Å². The SMILES string of the molecule is CCCOC(=O)c1ccc(N(Cc2ccccc2)Cc2ccccc2)c(N)c1. The number of hydrogen-bond donors (Lipinski definition) is 1. The van der Waals surface area contributed by atoms with E-state index in [-0.39, 0.29) is 5.97 Å². The van der Waals surface area contributed by atoms with Gasteiger partial charge in [-0.3, -0.25) is 0 Å². The Bertz CT molecular complexity index is 853. The molecule has 0 saturated carbocycles. The van der Waals surface area contributed by atoms with Crippen LogP contribution in [0, 0.1) is 0 Å². The van der Waals surface area contributed by atoms with E-state index in [4.69, 9.17) is 10.5 Å². The average molecular weight is 374 g/mol. The zero-order chi connectivity index (χ0) is 19.8. The lowest BCUT2D eigenvalue weighted by molar-refractivity contribution is 0.0505. The van der Waals surface area contributed by atoms with E-state index in [0.29, 0.717) is 17.9 Å². The average Bonchev–Trinajstić information content (AvgIpc) is 2.73. The van der Waals surface area contributed by atoms with E-state index in [1.165, 1.54) is 11.1 Å². The van der Waals surface area contributed by atoms with Gasteiger partial charge in [0.25, 0.3) is 0 Å². The van der Waals surface area contributed by atoms with Crippen LogP contribution in [0.25, 0.3) is 0 Å². The second kappa shape index (κ2) is 9.60. The molecule has 4 heteroatoms. The number of nitrogens with two attached hydrogens (primary N) is 1. The zero-order valence-corrected chi connectivity index (χ0v) is 16.2. The zero-order valence-electron chi connectivity index (χ0n) is 16.2. The summed E-state index contributed by atoms with van der Waals surface area (Å²) in [5.41, 5.74) is 10.7. The van der Waals surface area contributed by atoms with Gasteiger partial charge >= 0.3 is 5.97 Å². The molecule has 2 N–H and O–H groups in total. The van der Waals surface area contributed by atoms with Crippen LogP contribution < -0.4 is 10.6 Å². The molecule has 0 amide bonds. The fourth-order valence-corrected chi connectivity index (χ4v) is 3.08. The maximum Gasteiger partial charge on any atom is 0.338 e. The number of carbonyl (C=O) groups is 1. The van der Waals surface area contributed by atoms with E-state index in [9.17, 15) is 4.79 Å². The van der Waals surface area contributed by atoms with Gasteiger partial charge in [-0.15, -0.1) is 0 Å². The Kier molecular flexibility index (Phi) is 6.68. The van der Waals surface area contributed by atoms with Crippen molar-refractivity contribution in [3.8, 4) is 0 Å². The third-order valence-electron chi connectivity index (χ3n) is 4.47. The number of benzene rings is 3. The number of anilines is 2. The molecule has 3 aromatic rings. The number of rotatable bonds is 8. The Morgan fingerprint density at radius 1 is 0.893 bits per heavy atom. The highest BCUT2D eigenvalue weighted by Gasteiger charge is 2.15. The summed E-state index contributed by atoms with van der Waals surface area (Å²) < 4.78 is 5.22. The van der Waals surface area contributed by atoms with Gasteiger partial charge in [0, 0.05) is 13.1 Å². The van der Waals surface area contributed by atoms with Crippen LogP contribution in [-0.4, -0.2) is 12.6 Å². The number of ether oxygens (including phenoxy) is 1. The first-order chi connectivity index (χ1) is 13.7. The van der Waals surface area contributed by atoms with E-state index in [1.807, 2.05) is 49.4 Å². The summed E-state index contributed by atoms with van der Waals surface area (Å²) in [6, 6.07) is 26.0. The van der Waals surface area contributed by atoms with Crippen molar-refractivity contribution >= 4 is 17.3 Å². The van der Waals surface area contributed by atoms with Crippen LogP contribution in [-0.2, 0) is 17.8 Å². The predicted molar refractivity (Wildman–Crippen MR) is 114 cm³/mol. The number of carbonyl (C=O) groups excluding carboxylic acids is 1. The lowest BCUT2D eigenvalue weighted by Gasteiger charge is -2.27. The third kappa shape index (κ3) is 5.13. The molecule has 3 aromatic carbocycles. The van der Waals surface area contributed by atoms with Crippen molar-refractivity contribution in [3.63, 3.8) is 0 Å². The van der Waals surface area contributed by atoms with Gasteiger partial charge in [0.2, 0.25) is 0 Å². The molecule has 144 valence electrons. The minimum atomic E-state index is -0.335. The Hall–Kier alpha value is -3.27. The van der Waals surface area contributed by atoms with Crippen LogP contribution in [0.4, 0.5) is 11.4 Å². The Balaban J connectivity index is 1.87. The molecular weight excluding hydrogens is 348 g/mol. The molecule has 0 spiro atoms. The second-order valence-corrected chi connectivity index (χ2v) is 6.74. The largest absolute Gasteiger partial charge is 0.462 e. The number of esters is 1. The molecule has 0 aliphatic rings. The van der Waals surface area contributed by atoms with Crippen molar-refractivity contribution in [3.05, 3.63) is 95.6 Å². The molecule has 0 heterocycles. The van der Waals surface area contributed by atoms with Crippen LogP contribution >= 0.6 is 0 Å². The minimum absolute atomic E-state index is 0.335. The van der Waals surface area contributed by atoms with E-state index in [1.54, 1.807) is 12.1 Å². The normalized spacial score (nSPS) is 10.5. The van der Waals surface area contributed by atoms with Crippen molar-refractivity contribution < 1.29 is 9.53 Å². The highest BCUT2D eigenvalue weighted by Crippen LogP contribution is 2.28. The summed E-state index contributed by atoms with van der Waals surface area (Å²) in [7, 11) is 0. The van der Waals surface area contributed by atoms with Gasteiger partial charge in [0.05, 0.1) is 23.5 Å². The molecule has 0 aromatic heterocycles. The summed E-state index contributed by atoms with van der Waals surface area (Å²) in [4.78, 5) is 14.4. The molecule has 0 fully saturated rings. The highest BCUT2D eigenvalue weighted by molar-refractivity contribution is 5.92. The van der Waals surface area contributed by atoms with Crippen molar-refractivity contribution in [2.24, 2.45) is 0 Å². The number of nitrogen functional groups attached to an aromatic ring is 1. The fourth-order valence-electron chi connectivity index (χ4n) is 3.08. The van der Waals surface area contributed by atoms with Gasteiger partial charge in [0.15, 0.2) is 0 Å². The van der Waals surface area contributed by atoms with Crippen LogP contribution in [0.2, 0.25) is 0 Å². The first-order valence-electron chi connectivity index (χ1n) is 9.57. The van der Waals surface area contributed by atoms with Crippen LogP contribution in [0.5, 0.6) is 0 Å². The van der Waals surface area contributed by atoms with Gasteiger partial charge < -0.3 is 15.4 Å². The molecule has 3 rings (SSSR count). The first-order valence-corrected chi connectivity index (χ1v) is 9.57. The van der Waals surface area contributed by atoms with E-state index in [2.05, 4.69) is 29.2 Å². The van der Waals surface area contributed by atoms with Crippen molar-refractivity contribution in [2.75, 3.05) is 17.2 Å². The van der Waals surface area contributed by atoms with Crippen LogP contribution in [0.3, 0.4) is 0 Å². The number of nitrogens with zero attached hydrogens (tertiary/aromatic N) is 1. The lowest BCUT2D eigenvalue weighted by atomic mass is 10.1. The van der Waals surface area contributed by atoms with E-state index < -0.39 is 0 Å². The Morgan fingerprint density at radius 3 is 1.96 bits per heavy atom. The summed E-state index contributed by atoms with van der Waals surface area (Å²) in [6.45, 7) is 3.82. The Labute approximate surface area is 166 Å². The minimum Gasteiger partial charge on any atom is -0.462 e. The molecule has 0 bridgehead atoms. The predicted octanol–water partition coefficient (Wildman–Crippen LogP) is 5.04. The molecule has 0 aliphatic heterocycles. The summed E-state index contributed by atoms with van der Waals surface area (Å²) >= 11 is 0. The molecule has 0 saturated heterocycles. The van der Waals surface area contributed by atoms with Gasteiger partial charge in [-0.25, -0.2) is 4.79 Å². The first kappa shape index (κ1) is 19.5. The molecule has 4 nitrogen and oxygen atoms in total. The van der Waals surface area contributed by atoms with Crippen LogP contribution in [0.1, 0.15) is 34.8 Å². The maximum atomic E-state index is 12.1. The van der Waals surface area contributed by atoms with Gasteiger partial charge in [-0.1, -0.05) is 67.6 Å². The number of hydrogen-bond acceptors (Lipinski definition) is 4. The molecule has 28 heavy (non-hydrogen) atoms. The second-order valence-electron chi connectivity index (χ2n) is 6.74. The highest BCUT2D eigenvalue weighted by atomic mass is 16.5. The molecule has 0 radical (unpaired) electrons. The topological polar surface area (TPSA) is 55.6 Å². The quantitative estimate of drug-likeness (QED) is 0.443. The molecular formula is C24H26N2O2. The molecule has 0 unspecified atom stereocenters. The Morgan fingerprint density at radius 2 is 1.46 bits per heavy atom. The third-order valence-corrected chi connectivity index (χ3v) is 4.47. The summed E-state index contributed by atoms with van der Waals surface area (Å²) in [6.07, 6.45) is 0.793. The lowest BCUT2D eigenvalue weighted by Crippen LogP contribution is -2.23. The molecule has 0 aliphatic carbocycles. The summed E-state index contributed by atoms with van der Waals surface area (Å²) in [5, 5.41) is 0. The van der Waals surface area contributed by atoms with Crippen molar-refractivity contribution in [2.45, 2.75) is 26.4 Å². The standard InChI is InChI=1S/C24H26N2O2/c1-2-15-28-24(27)21-13-14-23(22(25)16-21)26(17-19-9-5-3-6-10-19)18-20-11-7-4-8-12-20/h3-14,16H,2,15,17-18,25H2,1H3. The van der Waals surface area contributed by atoms with Gasteiger partial charge in [0.1, 0.15) is 0 Å². The summed E-state index contributed by atoms with van der Waals surface area (Å²) in [5.74, 6) is -0.335. The van der Waals surface area contributed by atoms with Gasteiger partial charge in [-0.2, -0.15) is 0 Å². The fraction of sp³-hybridized carbons (Fsp3) is 0.208. The monoisotopic (exact) mass is 374 g/mol. The smallest absolute Gasteiger partial charge is 0.338 e.